The van der Waals surface area contributed by atoms with Crippen LogP contribution < -0.4 is 5.32 Å². The first-order chi connectivity index (χ1) is 7.84. The van der Waals surface area contributed by atoms with Crippen LogP contribution in [0.2, 0.25) is 5.15 Å². The van der Waals surface area contributed by atoms with Gasteiger partial charge in [0, 0.05) is 18.9 Å². The number of nitrogens with zero attached hydrogens (tertiary/aromatic N) is 3. The molecular formula is C11H11ClN4. The molecule has 0 amide bonds. The monoisotopic (exact) mass is 234 g/mol. The van der Waals surface area contributed by atoms with Crippen LogP contribution in [-0.4, -0.2) is 21.7 Å². The minimum absolute atomic E-state index is 0.401. The van der Waals surface area contributed by atoms with Crippen LogP contribution in [-0.2, 0) is 6.42 Å². The number of rotatable bonds is 4. The van der Waals surface area contributed by atoms with Gasteiger partial charge in [0.25, 0.3) is 0 Å². The Bertz CT molecular complexity index is 429. The molecule has 0 spiro atoms. The largest absolute Gasteiger partial charge is 0.368 e. The number of hydrogen-bond acceptors (Lipinski definition) is 4. The van der Waals surface area contributed by atoms with Gasteiger partial charge in [-0.2, -0.15) is 0 Å². The Labute approximate surface area is 98.7 Å². The van der Waals surface area contributed by atoms with Crippen molar-refractivity contribution in [2.24, 2.45) is 0 Å². The second-order valence-corrected chi connectivity index (χ2v) is 3.67. The molecule has 0 saturated carbocycles. The highest BCUT2D eigenvalue weighted by Crippen LogP contribution is 2.06. The molecule has 0 aliphatic carbocycles. The van der Waals surface area contributed by atoms with Crippen molar-refractivity contribution in [2.75, 3.05) is 11.9 Å². The van der Waals surface area contributed by atoms with Crippen LogP contribution in [0.15, 0.2) is 36.7 Å². The van der Waals surface area contributed by atoms with Gasteiger partial charge >= 0.3 is 0 Å². The van der Waals surface area contributed by atoms with Crippen LogP contribution in [0, 0.1) is 0 Å². The van der Waals surface area contributed by atoms with Crippen LogP contribution >= 0.6 is 11.6 Å². The van der Waals surface area contributed by atoms with Crippen LogP contribution in [0.1, 0.15) is 5.56 Å². The van der Waals surface area contributed by atoms with E-state index in [1.54, 1.807) is 18.3 Å². The number of nitrogens with one attached hydrogen (secondary N) is 1. The fourth-order valence-electron chi connectivity index (χ4n) is 1.29. The summed E-state index contributed by atoms with van der Waals surface area (Å²) in [6.45, 7) is 0.794. The van der Waals surface area contributed by atoms with Crippen molar-refractivity contribution in [3.05, 3.63) is 47.4 Å². The number of hydrogen-bond donors (Lipinski definition) is 1. The molecule has 4 nitrogen and oxygen atoms in total. The predicted molar refractivity (Wildman–Crippen MR) is 63.5 cm³/mol. The molecule has 0 bridgehead atoms. The molecule has 16 heavy (non-hydrogen) atoms. The van der Waals surface area contributed by atoms with Gasteiger partial charge in [-0.05, 0) is 30.2 Å². The summed E-state index contributed by atoms with van der Waals surface area (Å²) < 4.78 is 0. The molecule has 2 rings (SSSR count). The van der Waals surface area contributed by atoms with Gasteiger partial charge in [0.1, 0.15) is 5.82 Å². The van der Waals surface area contributed by atoms with Crippen LogP contribution in [0.25, 0.3) is 0 Å². The molecule has 0 saturated heterocycles. The molecule has 0 atom stereocenters. The van der Waals surface area contributed by atoms with Crippen molar-refractivity contribution in [1.82, 2.24) is 15.2 Å². The van der Waals surface area contributed by atoms with E-state index in [1.165, 1.54) is 5.56 Å². The Balaban J connectivity index is 1.82. The normalized spacial score (nSPS) is 10.1. The zero-order chi connectivity index (χ0) is 11.2. The molecule has 0 aliphatic rings. The Morgan fingerprint density at radius 3 is 2.81 bits per heavy atom. The molecule has 0 unspecified atom stereocenters. The molecule has 2 aromatic heterocycles. The van der Waals surface area contributed by atoms with Gasteiger partial charge in [-0.15, -0.1) is 10.2 Å². The van der Waals surface area contributed by atoms with Crippen LogP contribution in [0.4, 0.5) is 5.82 Å². The number of aromatic nitrogens is 3. The quantitative estimate of drug-likeness (QED) is 0.881. The van der Waals surface area contributed by atoms with Crippen LogP contribution in [0.5, 0.6) is 0 Å². The summed E-state index contributed by atoms with van der Waals surface area (Å²) in [6.07, 6.45) is 4.52. The molecule has 1 N–H and O–H groups in total. The van der Waals surface area contributed by atoms with Crippen molar-refractivity contribution < 1.29 is 0 Å². The van der Waals surface area contributed by atoms with E-state index in [2.05, 4.69) is 20.5 Å². The van der Waals surface area contributed by atoms with Gasteiger partial charge in [-0.3, -0.25) is 4.98 Å². The van der Waals surface area contributed by atoms with E-state index in [9.17, 15) is 0 Å². The van der Waals surface area contributed by atoms with E-state index in [4.69, 9.17) is 11.6 Å². The Hall–Kier alpha value is -1.68. The summed E-state index contributed by atoms with van der Waals surface area (Å²) in [5, 5.41) is 11.2. The Morgan fingerprint density at radius 1 is 1.19 bits per heavy atom. The predicted octanol–water partition coefficient (Wildman–Crippen LogP) is 2.18. The SMILES string of the molecule is Clc1ccc(NCCc2cccnc2)nn1. The van der Waals surface area contributed by atoms with Gasteiger partial charge in [0.05, 0.1) is 0 Å². The van der Waals surface area contributed by atoms with Gasteiger partial charge in [-0.1, -0.05) is 17.7 Å². The maximum absolute atomic E-state index is 5.63. The molecule has 5 heteroatoms. The second-order valence-electron chi connectivity index (χ2n) is 3.28. The first-order valence-corrected chi connectivity index (χ1v) is 5.34. The Kier molecular flexibility index (Phi) is 3.66. The lowest BCUT2D eigenvalue weighted by atomic mass is 10.2. The third-order valence-electron chi connectivity index (χ3n) is 2.07. The summed E-state index contributed by atoms with van der Waals surface area (Å²) in [7, 11) is 0. The fourth-order valence-corrected chi connectivity index (χ4v) is 1.39. The van der Waals surface area contributed by atoms with E-state index in [0.717, 1.165) is 18.8 Å². The average molecular weight is 235 g/mol. The lowest BCUT2D eigenvalue weighted by molar-refractivity contribution is 0.961. The first kappa shape index (κ1) is 10.8. The number of pyridine rings is 1. The molecular weight excluding hydrogens is 224 g/mol. The lowest BCUT2D eigenvalue weighted by Crippen LogP contribution is -2.06. The Morgan fingerprint density at radius 2 is 2.12 bits per heavy atom. The molecule has 0 aromatic carbocycles. The van der Waals surface area contributed by atoms with E-state index < -0.39 is 0 Å². The molecule has 0 fully saturated rings. The maximum Gasteiger partial charge on any atom is 0.151 e. The summed E-state index contributed by atoms with van der Waals surface area (Å²) in [4.78, 5) is 4.05. The lowest BCUT2D eigenvalue weighted by Gasteiger charge is -2.04. The van der Waals surface area contributed by atoms with Crippen molar-refractivity contribution in [2.45, 2.75) is 6.42 Å². The van der Waals surface area contributed by atoms with E-state index in [1.807, 2.05) is 18.3 Å². The average Bonchev–Trinajstić information content (AvgIpc) is 2.33. The zero-order valence-electron chi connectivity index (χ0n) is 8.60. The third-order valence-corrected chi connectivity index (χ3v) is 2.28. The zero-order valence-corrected chi connectivity index (χ0v) is 9.35. The number of halogens is 1. The van der Waals surface area contributed by atoms with E-state index in [-0.39, 0.29) is 0 Å². The van der Waals surface area contributed by atoms with Gasteiger partial charge in [0.15, 0.2) is 5.15 Å². The highest BCUT2D eigenvalue weighted by molar-refractivity contribution is 6.29. The molecule has 2 heterocycles. The van der Waals surface area contributed by atoms with Crippen molar-refractivity contribution >= 4 is 17.4 Å². The van der Waals surface area contributed by atoms with Crippen molar-refractivity contribution in [3.8, 4) is 0 Å². The van der Waals surface area contributed by atoms with Crippen LogP contribution in [0.3, 0.4) is 0 Å². The standard InChI is InChI=1S/C11H11ClN4/c12-10-3-4-11(16-15-10)14-7-5-9-2-1-6-13-8-9/h1-4,6,8H,5,7H2,(H,14,16). The van der Waals surface area contributed by atoms with E-state index >= 15 is 0 Å². The fraction of sp³-hybridized carbons (Fsp3) is 0.182. The smallest absolute Gasteiger partial charge is 0.151 e. The molecule has 82 valence electrons. The first-order valence-electron chi connectivity index (χ1n) is 4.96. The number of anilines is 1. The summed E-state index contributed by atoms with van der Waals surface area (Å²) >= 11 is 5.63. The highest BCUT2D eigenvalue weighted by Gasteiger charge is 1.95. The van der Waals surface area contributed by atoms with Gasteiger partial charge in [-0.25, -0.2) is 0 Å². The second kappa shape index (κ2) is 5.42. The third kappa shape index (κ3) is 3.17. The van der Waals surface area contributed by atoms with Gasteiger partial charge < -0.3 is 5.32 Å². The topological polar surface area (TPSA) is 50.7 Å². The van der Waals surface area contributed by atoms with Gasteiger partial charge in [0.2, 0.25) is 0 Å². The molecule has 0 aliphatic heterocycles. The summed E-state index contributed by atoms with van der Waals surface area (Å²) in [5.41, 5.74) is 1.19. The summed E-state index contributed by atoms with van der Waals surface area (Å²) in [6, 6.07) is 7.49. The summed E-state index contributed by atoms with van der Waals surface area (Å²) in [5.74, 6) is 0.730. The molecule has 2 aromatic rings. The van der Waals surface area contributed by atoms with Crippen molar-refractivity contribution in [3.63, 3.8) is 0 Å². The molecule has 0 radical (unpaired) electrons. The van der Waals surface area contributed by atoms with Crippen molar-refractivity contribution in [1.29, 1.82) is 0 Å². The maximum atomic E-state index is 5.63. The van der Waals surface area contributed by atoms with E-state index in [0.29, 0.717) is 5.15 Å². The minimum Gasteiger partial charge on any atom is -0.368 e. The highest BCUT2D eigenvalue weighted by atomic mass is 35.5. The minimum atomic E-state index is 0.401.